The minimum absolute atomic E-state index is 0.785. The molecule has 50 heavy (non-hydrogen) atoms. The molecule has 11 rings (SSSR count). The molecule has 0 aliphatic heterocycles. The first-order valence-electron chi connectivity index (χ1n) is 17.1. The molecule has 0 unspecified atom stereocenters. The van der Waals surface area contributed by atoms with Crippen LogP contribution in [0.5, 0.6) is 0 Å². The molecule has 2 heteroatoms. The molecule has 0 amide bonds. The van der Waals surface area contributed by atoms with E-state index in [-0.39, 0.29) is 0 Å². The standard InChI is InChI=1S/C48H28O2/c1-2-14-29(15-3-1)44-34-19-6-8-21-36(34)45(37-22-9-7-20-35(37)44)40-27-31(26-30-16-4-5-17-32(30)40)39-28-41-33-18-10-12-24-42(33)49-47(41)48-46(39)38-23-11-13-25-43(38)50-48/h1-28H. The first-order valence-corrected chi connectivity index (χ1v) is 17.1. The van der Waals surface area contributed by atoms with Gasteiger partial charge in [-0.15, -0.1) is 0 Å². The maximum absolute atomic E-state index is 6.64. The van der Waals surface area contributed by atoms with E-state index in [0.717, 1.165) is 55.0 Å². The highest BCUT2D eigenvalue weighted by Crippen LogP contribution is 2.49. The van der Waals surface area contributed by atoms with Gasteiger partial charge in [0.25, 0.3) is 0 Å². The Labute approximate surface area is 287 Å². The first kappa shape index (κ1) is 27.3. The van der Waals surface area contributed by atoms with Gasteiger partial charge in [-0.3, -0.25) is 0 Å². The van der Waals surface area contributed by atoms with E-state index in [0.29, 0.717) is 0 Å². The average molecular weight is 637 g/mol. The van der Waals surface area contributed by atoms with E-state index in [9.17, 15) is 0 Å². The van der Waals surface area contributed by atoms with Gasteiger partial charge >= 0.3 is 0 Å². The second kappa shape index (κ2) is 10.4. The number of furan rings is 2. The monoisotopic (exact) mass is 636 g/mol. The summed E-state index contributed by atoms with van der Waals surface area (Å²) in [7, 11) is 0. The van der Waals surface area contributed by atoms with Gasteiger partial charge in [0.05, 0.1) is 0 Å². The number of rotatable bonds is 3. The van der Waals surface area contributed by atoms with Crippen molar-refractivity contribution in [2.45, 2.75) is 0 Å². The van der Waals surface area contributed by atoms with Crippen LogP contribution in [0.25, 0.3) is 110 Å². The maximum Gasteiger partial charge on any atom is 0.179 e. The van der Waals surface area contributed by atoms with Gasteiger partial charge in [0.15, 0.2) is 11.2 Å². The third kappa shape index (κ3) is 3.85. The second-order valence-corrected chi connectivity index (χ2v) is 13.2. The lowest BCUT2D eigenvalue weighted by atomic mass is 9.83. The van der Waals surface area contributed by atoms with E-state index in [1.165, 1.54) is 54.6 Å². The number of para-hydroxylation sites is 2. The lowest BCUT2D eigenvalue weighted by Gasteiger charge is -2.20. The molecular weight excluding hydrogens is 609 g/mol. The molecule has 0 fully saturated rings. The normalized spacial score (nSPS) is 12.0. The van der Waals surface area contributed by atoms with Gasteiger partial charge in [-0.05, 0) is 96.0 Å². The predicted molar refractivity (Wildman–Crippen MR) is 210 cm³/mol. The smallest absolute Gasteiger partial charge is 0.179 e. The van der Waals surface area contributed by atoms with Crippen molar-refractivity contribution in [3.05, 3.63) is 170 Å². The largest absolute Gasteiger partial charge is 0.452 e. The number of fused-ring (bicyclic) bond motifs is 10. The Hall–Kier alpha value is -6.64. The fraction of sp³-hybridized carbons (Fsp3) is 0. The van der Waals surface area contributed by atoms with Gasteiger partial charge in [-0.25, -0.2) is 0 Å². The first-order chi connectivity index (χ1) is 24.8. The molecule has 11 aromatic rings. The fourth-order valence-electron chi connectivity index (χ4n) is 8.30. The van der Waals surface area contributed by atoms with Crippen molar-refractivity contribution >= 4 is 76.2 Å². The van der Waals surface area contributed by atoms with Crippen LogP contribution >= 0.6 is 0 Å². The third-order valence-electron chi connectivity index (χ3n) is 10.4. The minimum Gasteiger partial charge on any atom is -0.452 e. The molecular formula is C48H28O2. The summed E-state index contributed by atoms with van der Waals surface area (Å²) in [6.07, 6.45) is 0. The van der Waals surface area contributed by atoms with Crippen LogP contribution in [0.3, 0.4) is 0 Å². The second-order valence-electron chi connectivity index (χ2n) is 13.2. The molecule has 0 aliphatic carbocycles. The lowest BCUT2D eigenvalue weighted by Crippen LogP contribution is -1.92. The molecule has 2 aromatic heterocycles. The lowest BCUT2D eigenvalue weighted by molar-refractivity contribution is 0.633. The van der Waals surface area contributed by atoms with E-state index in [4.69, 9.17) is 8.83 Å². The van der Waals surface area contributed by atoms with E-state index >= 15 is 0 Å². The molecule has 0 saturated carbocycles. The Morgan fingerprint density at radius 3 is 1.52 bits per heavy atom. The molecule has 0 atom stereocenters. The summed E-state index contributed by atoms with van der Waals surface area (Å²) >= 11 is 0. The molecule has 2 nitrogen and oxygen atoms in total. The summed E-state index contributed by atoms with van der Waals surface area (Å²) in [4.78, 5) is 0. The van der Waals surface area contributed by atoms with Crippen LogP contribution in [0, 0.1) is 0 Å². The van der Waals surface area contributed by atoms with Crippen LogP contribution in [0.1, 0.15) is 0 Å². The van der Waals surface area contributed by atoms with Gasteiger partial charge in [0, 0.05) is 21.5 Å². The summed E-state index contributed by atoms with van der Waals surface area (Å²) < 4.78 is 13.1. The zero-order chi connectivity index (χ0) is 32.8. The van der Waals surface area contributed by atoms with Crippen LogP contribution in [0.2, 0.25) is 0 Å². The Bertz CT molecular complexity index is 3080. The van der Waals surface area contributed by atoms with Gasteiger partial charge in [-0.2, -0.15) is 0 Å². The number of hydrogen-bond acceptors (Lipinski definition) is 2. The van der Waals surface area contributed by atoms with Crippen LogP contribution in [-0.4, -0.2) is 0 Å². The van der Waals surface area contributed by atoms with Crippen molar-refractivity contribution in [1.29, 1.82) is 0 Å². The van der Waals surface area contributed by atoms with Gasteiger partial charge in [-0.1, -0.05) is 140 Å². The molecule has 0 spiro atoms. The predicted octanol–water partition coefficient (Wildman–Crippen LogP) is 13.9. The number of hydrogen-bond donors (Lipinski definition) is 0. The molecule has 9 aromatic carbocycles. The van der Waals surface area contributed by atoms with Crippen molar-refractivity contribution in [2.24, 2.45) is 0 Å². The summed E-state index contributed by atoms with van der Waals surface area (Å²) in [5.74, 6) is 0. The van der Waals surface area contributed by atoms with Crippen molar-refractivity contribution in [2.75, 3.05) is 0 Å². The topological polar surface area (TPSA) is 26.3 Å². The zero-order valence-electron chi connectivity index (χ0n) is 27.0. The molecule has 0 bridgehead atoms. The van der Waals surface area contributed by atoms with Crippen molar-refractivity contribution < 1.29 is 8.83 Å². The van der Waals surface area contributed by atoms with Crippen molar-refractivity contribution in [3.8, 4) is 33.4 Å². The Morgan fingerprint density at radius 2 is 0.820 bits per heavy atom. The SMILES string of the molecule is c1ccc(-c2c3ccccc3c(-c3cc(-c4cc5c6ccccc6oc5c5oc6ccccc6c45)cc4ccccc34)c3ccccc23)cc1. The van der Waals surface area contributed by atoms with E-state index < -0.39 is 0 Å². The maximum atomic E-state index is 6.64. The summed E-state index contributed by atoms with van der Waals surface area (Å²) in [5.41, 5.74) is 10.5. The highest BCUT2D eigenvalue weighted by Gasteiger charge is 2.23. The Morgan fingerprint density at radius 1 is 0.300 bits per heavy atom. The van der Waals surface area contributed by atoms with Gasteiger partial charge < -0.3 is 8.83 Å². The Kier molecular flexibility index (Phi) is 5.70. The van der Waals surface area contributed by atoms with E-state index in [2.05, 4.69) is 146 Å². The van der Waals surface area contributed by atoms with E-state index in [1.807, 2.05) is 24.3 Å². The van der Waals surface area contributed by atoms with Gasteiger partial charge in [0.2, 0.25) is 0 Å². The zero-order valence-corrected chi connectivity index (χ0v) is 27.0. The molecule has 232 valence electrons. The van der Waals surface area contributed by atoms with Crippen LogP contribution < -0.4 is 0 Å². The summed E-state index contributed by atoms with van der Waals surface area (Å²) in [6, 6.07) is 61.0. The quantitative estimate of drug-likeness (QED) is 0.180. The van der Waals surface area contributed by atoms with E-state index in [1.54, 1.807) is 0 Å². The summed E-state index contributed by atoms with van der Waals surface area (Å²) in [6.45, 7) is 0. The molecule has 0 aliphatic rings. The average Bonchev–Trinajstić information content (AvgIpc) is 3.76. The highest BCUT2D eigenvalue weighted by atomic mass is 16.4. The van der Waals surface area contributed by atoms with Crippen LogP contribution in [0.4, 0.5) is 0 Å². The molecule has 0 saturated heterocycles. The molecule has 2 heterocycles. The summed E-state index contributed by atoms with van der Waals surface area (Å²) in [5, 5.41) is 11.7. The van der Waals surface area contributed by atoms with Crippen LogP contribution in [-0.2, 0) is 0 Å². The molecule has 0 radical (unpaired) electrons. The Balaban J connectivity index is 1.30. The number of benzene rings is 9. The molecule has 0 N–H and O–H groups in total. The van der Waals surface area contributed by atoms with Crippen molar-refractivity contribution in [1.82, 2.24) is 0 Å². The highest BCUT2D eigenvalue weighted by molar-refractivity contribution is 6.26. The fourth-order valence-corrected chi connectivity index (χ4v) is 8.30. The van der Waals surface area contributed by atoms with Gasteiger partial charge in [0.1, 0.15) is 11.2 Å². The van der Waals surface area contributed by atoms with Crippen molar-refractivity contribution in [3.63, 3.8) is 0 Å². The van der Waals surface area contributed by atoms with Crippen LogP contribution in [0.15, 0.2) is 179 Å². The third-order valence-corrected chi connectivity index (χ3v) is 10.4. The minimum atomic E-state index is 0.785.